The van der Waals surface area contributed by atoms with Crippen LogP contribution in [-0.2, 0) is 14.3 Å². The van der Waals surface area contributed by atoms with E-state index in [9.17, 15) is 14.9 Å². The number of aliphatic carboxylic acids is 1. The Balaban J connectivity index is 2.05. The Morgan fingerprint density at radius 1 is 1.03 bits per heavy atom. The van der Waals surface area contributed by atoms with E-state index in [4.69, 9.17) is 14.6 Å². The van der Waals surface area contributed by atoms with E-state index >= 15 is 0 Å². The van der Waals surface area contributed by atoms with Crippen molar-refractivity contribution in [3.05, 3.63) is 47.6 Å². The molecule has 0 fully saturated rings. The van der Waals surface area contributed by atoms with Gasteiger partial charge in [0.25, 0.3) is 0 Å². The third-order valence-electron chi connectivity index (χ3n) is 4.69. The largest absolute Gasteiger partial charge is 0.494 e. The third-order valence-corrected chi connectivity index (χ3v) is 4.69. The Hall–Kier alpha value is -3.07. The van der Waals surface area contributed by atoms with Crippen molar-refractivity contribution in [3.8, 4) is 11.8 Å². The summed E-state index contributed by atoms with van der Waals surface area (Å²) < 4.78 is 10.8. The highest BCUT2D eigenvalue weighted by atomic mass is 16.5. The van der Waals surface area contributed by atoms with Gasteiger partial charge in [-0.05, 0) is 49.6 Å². The van der Waals surface area contributed by atoms with Gasteiger partial charge in [0.05, 0.1) is 24.8 Å². The zero-order chi connectivity index (χ0) is 22.9. The first kappa shape index (κ1) is 26.0. The summed E-state index contributed by atoms with van der Waals surface area (Å²) in [6.07, 6.45) is 12.4. The van der Waals surface area contributed by atoms with Crippen LogP contribution in [0.4, 0.5) is 0 Å². The van der Waals surface area contributed by atoms with Gasteiger partial charge in [0.1, 0.15) is 5.75 Å². The molecule has 168 valence electrons. The number of ether oxygens (including phenoxy) is 2. The molecule has 0 aliphatic rings. The monoisotopic (exact) mass is 427 g/mol. The molecular weight excluding hydrogens is 394 g/mol. The second kappa shape index (κ2) is 15.7. The summed E-state index contributed by atoms with van der Waals surface area (Å²) >= 11 is 0. The standard InChI is InChI=1S/C25H33NO5/c1-20(2)25(29)31-17-11-9-7-5-3-4-6-8-10-16-30-23-14-12-21(13-15-24(27)28)22(18-23)19-26/h12-15,18H,1,3-11,16-17H2,2H3,(H,27,28)/b15-13+. The summed E-state index contributed by atoms with van der Waals surface area (Å²) in [5.74, 6) is -0.733. The number of carboxylic acid groups (broad SMARTS) is 1. The van der Waals surface area contributed by atoms with Gasteiger partial charge >= 0.3 is 11.9 Å². The minimum Gasteiger partial charge on any atom is -0.494 e. The van der Waals surface area contributed by atoms with E-state index < -0.39 is 5.97 Å². The molecule has 0 amide bonds. The molecule has 0 bridgehead atoms. The average molecular weight is 428 g/mol. The van der Waals surface area contributed by atoms with E-state index in [-0.39, 0.29) is 5.97 Å². The van der Waals surface area contributed by atoms with Crippen LogP contribution in [0.2, 0.25) is 0 Å². The van der Waals surface area contributed by atoms with Gasteiger partial charge in [-0.1, -0.05) is 51.5 Å². The average Bonchev–Trinajstić information content (AvgIpc) is 2.75. The fourth-order valence-electron chi connectivity index (χ4n) is 2.95. The lowest BCUT2D eigenvalue weighted by molar-refractivity contribution is -0.139. The zero-order valence-electron chi connectivity index (χ0n) is 18.4. The normalized spacial score (nSPS) is 10.6. The highest BCUT2D eigenvalue weighted by Gasteiger charge is 2.04. The number of esters is 1. The molecule has 0 aliphatic carbocycles. The van der Waals surface area contributed by atoms with Crippen LogP contribution < -0.4 is 4.74 Å². The van der Waals surface area contributed by atoms with E-state index in [2.05, 4.69) is 12.6 Å². The van der Waals surface area contributed by atoms with Crippen molar-refractivity contribution < 1.29 is 24.2 Å². The van der Waals surface area contributed by atoms with Gasteiger partial charge in [-0.2, -0.15) is 5.26 Å². The molecule has 1 rings (SSSR count). The number of hydrogen-bond acceptors (Lipinski definition) is 5. The molecule has 0 aliphatic heterocycles. The Bertz CT molecular complexity index is 792. The SMILES string of the molecule is C=C(C)C(=O)OCCCCCCCCCCCOc1ccc(/C=C/C(=O)O)c(C#N)c1. The van der Waals surface area contributed by atoms with E-state index in [0.717, 1.165) is 38.2 Å². The topological polar surface area (TPSA) is 96.6 Å². The number of carbonyl (C=O) groups excluding carboxylic acids is 1. The molecule has 31 heavy (non-hydrogen) atoms. The second-order valence-electron chi connectivity index (χ2n) is 7.48. The fraction of sp³-hybridized carbons (Fsp3) is 0.480. The molecule has 0 radical (unpaired) electrons. The molecule has 0 spiro atoms. The molecule has 1 aromatic rings. The first-order valence-electron chi connectivity index (χ1n) is 10.8. The van der Waals surface area contributed by atoms with Crippen molar-refractivity contribution in [2.24, 2.45) is 0 Å². The highest BCUT2D eigenvalue weighted by Crippen LogP contribution is 2.19. The van der Waals surface area contributed by atoms with E-state index in [1.54, 1.807) is 25.1 Å². The molecule has 0 atom stereocenters. The maximum absolute atomic E-state index is 11.2. The van der Waals surface area contributed by atoms with Crippen molar-refractivity contribution in [3.63, 3.8) is 0 Å². The Kier molecular flexibility index (Phi) is 13.2. The lowest BCUT2D eigenvalue weighted by Gasteiger charge is -2.08. The summed E-state index contributed by atoms with van der Waals surface area (Å²) in [6, 6.07) is 7.15. The highest BCUT2D eigenvalue weighted by molar-refractivity contribution is 5.87. The number of unbranched alkanes of at least 4 members (excludes halogenated alkanes) is 8. The second-order valence-corrected chi connectivity index (χ2v) is 7.48. The Morgan fingerprint density at radius 2 is 1.61 bits per heavy atom. The van der Waals surface area contributed by atoms with Gasteiger partial charge < -0.3 is 14.6 Å². The number of nitriles is 1. The van der Waals surface area contributed by atoms with E-state index in [1.807, 2.05) is 0 Å². The van der Waals surface area contributed by atoms with Crippen LogP contribution in [-0.4, -0.2) is 30.3 Å². The van der Waals surface area contributed by atoms with Crippen molar-refractivity contribution in [1.82, 2.24) is 0 Å². The molecule has 0 aromatic heterocycles. The van der Waals surface area contributed by atoms with Crippen LogP contribution >= 0.6 is 0 Å². The van der Waals surface area contributed by atoms with Gasteiger partial charge in [-0.15, -0.1) is 0 Å². The van der Waals surface area contributed by atoms with Crippen molar-refractivity contribution in [2.45, 2.75) is 64.7 Å². The third kappa shape index (κ3) is 12.3. The molecule has 0 unspecified atom stereocenters. The zero-order valence-corrected chi connectivity index (χ0v) is 18.4. The molecule has 0 saturated carbocycles. The van der Waals surface area contributed by atoms with Gasteiger partial charge in [-0.25, -0.2) is 9.59 Å². The Morgan fingerprint density at radius 3 is 2.16 bits per heavy atom. The molecule has 0 heterocycles. The first-order valence-corrected chi connectivity index (χ1v) is 10.8. The van der Waals surface area contributed by atoms with Crippen LogP contribution in [0.15, 0.2) is 36.4 Å². The molecule has 6 nitrogen and oxygen atoms in total. The van der Waals surface area contributed by atoms with Gasteiger partial charge in [0.15, 0.2) is 0 Å². The molecule has 6 heteroatoms. The Labute approximate surface area is 185 Å². The first-order chi connectivity index (χ1) is 14.9. The summed E-state index contributed by atoms with van der Waals surface area (Å²) in [4.78, 5) is 21.8. The summed E-state index contributed by atoms with van der Waals surface area (Å²) in [5, 5.41) is 17.9. The molecular formula is C25H33NO5. The minimum atomic E-state index is -1.05. The smallest absolute Gasteiger partial charge is 0.333 e. The van der Waals surface area contributed by atoms with E-state index in [0.29, 0.717) is 35.7 Å². The van der Waals surface area contributed by atoms with Gasteiger partial charge in [-0.3, -0.25) is 0 Å². The van der Waals surface area contributed by atoms with Crippen molar-refractivity contribution >= 4 is 18.0 Å². The van der Waals surface area contributed by atoms with Crippen LogP contribution in [0.1, 0.15) is 75.8 Å². The van der Waals surface area contributed by atoms with Crippen LogP contribution in [0.3, 0.4) is 0 Å². The molecule has 1 aromatic carbocycles. The maximum Gasteiger partial charge on any atom is 0.333 e. The van der Waals surface area contributed by atoms with Gasteiger partial charge in [0.2, 0.25) is 0 Å². The summed E-state index contributed by atoms with van der Waals surface area (Å²) in [6.45, 7) is 6.28. The number of carboxylic acids is 1. The fourth-order valence-corrected chi connectivity index (χ4v) is 2.95. The summed E-state index contributed by atoms with van der Waals surface area (Å²) in [7, 11) is 0. The molecule has 0 saturated heterocycles. The predicted molar refractivity (Wildman–Crippen MR) is 121 cm³/mol. The lowest BCUT2D eigenvalue weighted by atomic mass is 10.1. The molecule has 1 N–H and O–H groups in total. The minimum absolute atomic E-state index is 0.306. The predicted octanol–water partition coefficient (Wildman–Crippen LogP) is 5.67. The van der Waals surface area contributed by atoms with Crippen molar-refractivity contribution in [2.75, 3.05) is 13.2 Å². The number of carbonyl (C=O) groups is 2. The lowest BCUT2D eigenvalue weighted by Crippen LogP contribution is -2.05. The maximum atomic E-state index is 11.2. The van der Waals surface area contributed by atoms with Crippen LogP contribution in [0.5, 0.6) is 5.75 Å². The number of hydrogen-bond donors (Lipinski definition) is 1. The number of benzene rings is 1. The van der Waals surface area contributed by atoms with Crippen LogP contribution in [0.25, 0.3) is 6.08 Å². The number of nitrogens with zero attached hydrogens (tertiary/aromatic N) is 1. The van der Waals surface area contributed by atoms with Crippen molar-refractivity contribution in [1.29, 1.82) is 5.26 Å². The van der Waals surface area contributed by atoms with Crippen LogP contribution in [0, 0.1) is 11.3 Å². The quantitative estimate of drug-likeness (QED) is 0.208. The van der Waals surface area contributed by atoms with Gasteiger partial charge in [0, 0.05) is 11.6 Å². The number of rotatable bonds is 16. The summed E-state index contributed by atoms with van der Waals surface area (Å²) in [5.41, 5.74) is 1.40. The van der Waals surface area contributed by atoms with E-state index in [1.165, 1.54) is 31.8 Å².